The van der Waals surface area contributed by atoms with Crippen LogP contribution in [0.2, 0.25) is 0 Å². The topological polar surface area (TPSA) is 88.1 Å². The Bertz CT molecular complexity index is 1120. The van der Waals surface area contributed by atoms with Gasteiger partial charge in [0.25, 0.3) is 0 Å². The van der Waals surface area contributed by atoms with Crippen LogP contribution in [0.3, 0.4) is 0 Å². The van der Waals surface area contributed by atoms with Gasteiger partial charge in [-0.3, -0.25) is 0 Å². The SMILES string of the molecule is CCOc1nc2c(cc1Nc1ncc3cc(C)nc(NCC(C)(C)C)c3n1)CN(C)CC2. The third-order valence-corrected chi connectivity index (χ3v) is 5.33. The fraction of sp³-hybridized carbons (Fsp3) is 0.500. The Morgan fingerprint density at radius 3 is 2.72 bits per heavy atom. The van der Waals surface area contributed by atoms with E-state index < -0.39 is 0 Å². The molecular weight excluding hydrogens is 402 g/mol. The van der Waals surface area contributed by atoms with E-state index in [0.29, 0.717) is 18.4 Å². The van der Waals surface area contributed by atoms with Gasteiger partial charge >= 0.3 is 0 Å². The number of hydrogen-bond donors (Lipinski definition) is 2. The van der Waals surface area contributed by atoms with Gasteiger partial charge in [-0.05, 0) is 44.0 Å². The Morgan fingerprint density at radius 1 is 1.16 bits per heavy atom. The monoisotopic (exact) mass is 435 g/mol. The maximum Gasteiger partial charge on any atom is 0.238 e. The highest BCUT2D eigenvalue weighted by atomic mass is 16.5. The van der Waals surface area contributed by atoms with Crippen molar-refractivity contribution in [3.05, 3.63) is 35.3 Å². The molecule has 0 radical (unpaired) electrons. The standard InChI is InChI=1S/C24H33N7O/c1-7-32-22-19(11-17-13-31(6)9-8-18(17)28-22)29-23-25-12-16-10-15(2)27-21(20(16)30-23)26-14-24(3,4)5/h10-12H,7-9,13-14H2,1-6H3,(H,26,27)(H,25,29,30). The predicted molar refractivity (Wildman–Crippen MR) is 129 cm³/mol. The first-order chi connectivity index (χ1) is 15.2. The number of nitrogens with one attached hydrogen (secondary N) is 2. The second kappa shape index (κ2) is 8.86. The van der Waals surface area contributed by atoms with Gasteiger partial charge in [-0.25, -0.2) is 19.9 Å². The van der Waals surface area contributed by atoms with Crippen LogP contribution < -0.4 is 15.4 Å². The Morgan fingerprint density at radius 2 is 1.97 bits per heavy atom. The van der Waals surface area contributed by atoms with Crippen molar-refractivity contribution in [2.24, 2.45) is 5.41 Å². The molecule has 1 aliphatic rings. The van der Waals surface area contributed by atoms with Gasteiger partial charge in [-0.1, -0.05) is 20.8 Å². The average Bonchev–Trinajstić information content (AvgIpc) is 2.72. The summed E-state index contributed by atoms with van der Waals surface area (Å²) in [6.07, 6.45) is 2.76. The van der Waals surface area contributed by atoms with Crippen molar-refractivity contribution in [2.45, 2.75) is 47.6 Å². The summed E-state index contributed by atoms with van der Waals surface area (Å²) in [6.45, 7) is 13.7. The van der Waals surface area contributed by atoms with E-state index in [4.69, 9.17) is 19.7 Å². The molecule has 0 aliphatic carbocycles. The fourth-order valence-corrected chi connectivity index (χ4v) is 3.76. The molecule has 4 heterocycles. The maximum atomic E-state index is 5.84. The molecular formula is C24H33N7O. The number of nitrogens with zero attached hydrogens (tertiary/aromatic N) is 5. The summed E-state index contributed by atoms with van der Waals surface area (Å²) in [5.41, 5.74) is 4.94. The second-order valence-corrected chi connectivity index (χ2v) is 9.65. The minimum atomic E-state index is 0.125. The van der Waals surface area contributed by atoms with Crippen LogP contribution in [0.5, 0.6) is 5.88 Å². The van der Waals surface area contributed by atoms with Crippen LogP contribution in [0.1, 0.15) is 44.6 Å². The van der Waals surface area contributed by atoms with E-state index in [1.807, 2.05) is 26.1 Å². The van der Waals surface area contributed by atoms with E-state index >= 15 is 0 Å². The molecule has 0 unspecified atom stereocenters. The van der Waals surface area contributed by atoms with Gasteiger partial charge < -0.3 is 20.3 Å². The van der Waals surface area contributed by atoms with Crippen LogP contribution in [0, 0.1) is 12.3 Å². The van der Waals surface area contributed by atoms with Crippen molar-refractivity contribution in [2.75, 3.05) is 37.4 Å². The highest BCUT2D eigenvalue weighted by Crippen LogP contribution is 2.31. The number of aryl methyl sites for hydroxylation is 1. The van der Waals surface area contributed by atoms with Crippen LogP contribution in [0.25, 0.3) is 10.9 Å². The van der Waals surface area contributed by atoms with E-state index in [9.17, 15) is 0 Å². The smallest absolute Gasteiger partial charge is 0.238 e. The molecule has 0 spiro atoms. The number of fused-ring (bicyclic) bond motifs is 2. The molecule has 32 heavy (non-hydrogen) atoms. The van der Waals surface area contributed by atoms with E-state index in [1.165, 1.54) is 5.56 Å². The first-order valence-electron chi connectivity index (χ1n) is 11.2. The third kappa shape index (κ3) is 5.07. The molecule has 0 bridgehead atoms. The third-order valence-electron chi connectivity index (χ3n) is 5.33. The highest BCUT2D eigenvalue weighted by Gasteiger charge is 2.20. The molecule has 0 atom stereocenters. The molecule has 4 rings (SSSR count). The predicted octanol–water partition coefficient (Wildman–Crippen LogP) is 4.32. The molecule has 0 saturated carbocycles. The quantitative estimate of drug-likeness (QED) is 0.592. The first-order valence-corrected chi connectivity index (χ1v) is 11.2. The normalized spacial score (nSPS) is 14.3. The Hall–Kier alpha value is -3.00. The van der Waals surface area contributed by atoms with Gasteiger partial charge in [0.1, 0.15) is 11.2 Å². The summed E-state index contributed by atoms with van der Waals surface area (Å²) in [7, 11) is 2.13. The molecule has 1 aliphatic heterocycles. The van der Waals surface area contributed by atoms with Gasteiger partial charge in [0.15, 0.2) is 5.82 Å². The minimum absolute atomic E-state index is 0.125. The largest absolute Gasteiger partial charge is 0.476 e. The van der Waals surface area contributed by atoms with Crippen LogP contribution in [-0.4, -0.2) is 51.6 Å². The van der Waals surface area contributed by atoms with Crippen molar-refractivity contribution in [3.63, 3.8) is 0 Å². The van der Waals surface area contributed by atoms with Gasteiger partial charge in [-0.15, -0.1) is 0 Å². The lowest BCUT2D eigenvalue weighted by atomic mass is 9.97. The zero-order chi connectivity index (χ0) is 22.9. The Labute approximate surface area is 189 Å². The number of ether oxygens (including phenoxy) is 1. The molecule has 3 aromatic heterocycles. The maximum absolute atomic E-state index is 5.84. The fourth-order valence-electron chi connectivity index (χ4n) is 3.76. The van der Waals surface area contributed by atoms with Gasteiger partial charge in [-0.2, -0.15) is 0 Å². The summed E-state index contributed by atoms with van der Waals surface area (Å²) < 4.78 is 5.84. The average molecular weight is 436 g/mol. The molecule has 0 amide bonds. The van der Waals surface area contributed by atoms with E-state index in [0.717, 1.165) is 59.9 Å². The van der Waals surface area contributed by atoms with Crippen molar-refractivity contribution < 1.29 is 4.74 Å². The molecule has 8 heteroatoms. The molecule has 170 valence electrons. The molecule has 2 N–H and O–H groups in total. The molecule has 0 fully saturated rings. The van der Waals surface area contributed by atoms with Crippen LogP contribution in [0.15, 0.2) is 18.3 Å². The zero-order valence-electron chi connectivity index (χ0n) is 19.9. The molecule has 0 aromatic carbocycles. The van der Waals surface area contributed by atoms with Gasteiger partial charge in [0, 0.05) is 43.3 Å². The van der Waals surface area contributed by atoms with Crippen molar-refractivity contribution >= 4 is 28.4 Å². The number of anilines is 3. The number of hydrogen-bond acceptors (Lipinski definition) is 8. The molecule has 0 saturated heterocycles. The zero-order valence-corrected chi connectivity index (χ0v) is 19.9. The van der Waals surface area contributed by atoms with E-state index in [-0.39, 0.29) is 5.41 Å². The highest BCUT2D eigenvalue weighted by molar-refractivity contribution is 5.89. The van der Waals surface area contributed by atoms with Crippen molar-refractivity contribution in [1.82, 2.24) is 24.8 Å². The van der Waals surface area contributed by atoms with Crippen LogP contribution >= 0.6 is 0 Å². The second-order valence-electron chi connectivity index (χ2n) is 9.65. The lowest BCUT2D eigenvalue weighted by molar-refractivity contribution is 0.301. The number of pyridine rings is 2. The number of likely N-dealkylation sites (N-methyl/N-ethyl adjacent to an activating group) is 1. The van der Waals surface area contributed by atoms with Gasteiger partial charge in [0.2, 0.25) is 11.8 Å². The van der Waals surface area contributed by atoms with Crippen molar-refractivity contribution in [3.8, 4) is 5.88 Å². The van der Waals surface area contributed by atoms with E-state index in [2.05, 4.69) is 54.4 Å². The minimum Gasteiger partial charge on any atom is -0.476 e. The number of aromatic nitrogens is 4. The summed E-state index contributed by atoms with van der Waals surface area (Å²) >= 11 is 0. The Balaban J connectivity index is 1.70. The summed E-state index contributed by atoms with van der Waals surface area (Å²) in [5.74, 6) is 1.86. The Kier molecular flexibility index (Phi) is 6.15. The summed E-state index contributed by atoms with van der Waals surface area (Å²) in [6, 6.07) is 4.12. The summed E-state index contributed by atoms with van der Waals surface area (Å²) in [4.78, 5) is 21.1. The van der Waals surface area contributed by atoms with Crippen LogP contribution in [-0.2, 0) is 13.0 Å². The first kappa shape index (κ1) is 22.2. The lowest BCUT2D eigenvalue weighted by Gasteiger charge is -2.25. The van der Waals surface area contributed by atoms with E-state index in [1.54, 1.807) is 0 Å². The lowest BCUT2D eigenvalue weighted by Crippen LogP contribution is -2.27. The summed E-state index contributed by atoms with van der Waals surface area (Å²) in [5, 5.41) is 7.76. The van der Waals surface area contributed by atoms with Gasteiger partial charge in [0.05, 0.1) is 12.3 Å². The molecule has 8 nitrogen and oxygen atoms in total. The molecule has 3 aromatic rings. The number of rotatable bonds is 6. The van der Waals surface area contributed by atoms with Crippen molar-refractivity contribution in [1.29, 1.82) is 0 Å². The van der Waals surface area contributed by atoms with Crippen LogP contribution in [0.4, 0.5) is 17.5 Å².